The van der Waals surface area contributed by atoms with Crippen LogP contribution >= 0.6 is 11.6 Å². The van der Waals surface area contributed by atoms with Gasteiger partial charge in [-0.05, 0) is 56.1 Å². The molecule has 0 saturated heterocycles. The van der Waals surface area contributed by atoms with Gasteiger partial charge in [0.1, 0.15) is 0 Å². The van der Waals surface area contributed by atoms with Gasteiger partial charge in [0.15, 0.2) is 0 Å². The second kappa shape index (κ2) is 6.68. The van der Waals surface area contributed by atoms with Gasteiger partial charge < -0.3 is 10.5 Å². The number of rotatable bonds is 5. The lowest BCUT2D eigenvalue weighted by atomic mass is 9.68. The van der Waals surface area contributed by atoms with Gasteiger partial charge in [-0.3, -0.25) is 0 Å². The molecule has 1 aliphatic carbocycles. The molecular weight excluding hydrogens is 282 g/mol. The summed E-state index contributed by atoms with van der Waals surface area (Å²) in [5, 5.41) is 0.802. The fourth-order valence-electron chi connectivity index (χ4n) is 3.35. The minimum Gasteiger partial charge on any atom is -0.374 e. The summed E-state index contributed by atoms with van der Waals surface area (Å²) in [6, 6.07) is 7.97. The predicted octanol–water partition coefficient (Wildman–Crippen LogP) is 4.59. The fourth-order valence-corrected chi connectivity index (χ4v) is 3.56. The molecule has 2 rings (SSSR count). The summed E-state index contributed by atoms with van der Waals surface area (Å²) in [6.07, 6.45) is 5.20. The third-order valence-corrected chi connectivity index (χ3v) is 5.32. The second-order valence-corrected chi connectivity index (χ2v) is 7.47. The Bertz CT molecular complexity index is 462. The van der Waals surface area contributed by atoms with Crippen molar-refractivity contribution < 1.29 is 4.74 Å². The van der Waals surface area contributed by atoms with E-state index in [-0.39, 0.29) is 11.6 Å². The van der Waals surface area contributed by atoms with Crippen molar-refractivity contribution in [2.45, 2.75) is 64.5 Å². The summed E-state index contributed by atoms with van der Waals surface area (Å²) in [4.78, 5) is 0. The average molecular weight is 310 g/mol. The van der Waals surface area contributed by atoms with Gasteiger partial charge >= 0.3 is 0 Å². The van der Waals surface area contributed by atoms with Crippen molar-refractivity contribution >= 4 is 11.6 Å². The first-order valence-electron chi connectivity index (χ1n) is 8.01. The molecular formula is C18H28ClNO. The minimum atomic E-state index is -0.191. The molecule has 2 nitrogen and oxygen atoms in total. The number of hydrogen-bond acceptors (Lipinski definition) is 2. The van der Waals surface area contributed by atoms with E-state index in [0.29, 0.717) is 5.41 Å². The van der Waals surface area contributed by atoms with Gasteiger partial charge in [-0.15, -0.1) is 0 Å². The molecule has 0 amide bonds. The molecule has 1 unspecified atom stereocenters. The van der Waals surface area contributed by atoms with Gasteiger partial charge in [0, 0.05) is 17.7 Å². The zero-order valence-corrected chi connectivity index (χ0v) is 14.2. The molecule has 0 heterocycles. The highest BCUT2D eigenvalue weighted by molar-refractivity contribution is 6.31. The molecule has 0 spiro atoms. The van der Waals surface area contributed by atoms with Crippen LogP contribution in [0.25, 0.3) is 0 Å². The van der Waals surface area contributed by atoms with Crippen molar-refractivity contribution in [3.8, 4) is 0 Å². The SMILES string of the molecule is CCOC1(C(N)Cc2ccccc2Cl)CCC(C)(C)CC1. The van der Waals surface area contributed by atoms with Crippen molar-refractivity contribution in [1.29, 1.82) is 0 Å². The maximum Gasteiger partial charge on any atom is 0.0836 e. The Balaban J connectivity index is 2.13. The van der Waals surface area contributed by atoms with Gasteiger partial charge in [-0.1, -0.05) is 43.6 Å². The van der Waals surface area contributed by atoms with Crippen molar-refractivity contribution in [1.82, 2.24) is 0 Å². The smallest absolute Gasteiger partial charge is 0.0836 e. The summed E-state index contributed by atoms with van der Waals surface area (Å²) in [6.45, 7) is 7.45. The van der Waals surface area contributed by atoms with E-state index in [1.54, 1.807) is 0 Å². The fraction of sp³-hybridized carbons (Fsp3) is 0.667. The van der Waals surface area contributed by atoms with Crippen LogP contribution in [-0.2, 0) is 11.2 Å². The van der Waals surface area contributed by atoms with Crippen LogP contribution in [0.3, 0.4) is 0 Å². The largest absolute Gasteiger partial charge is 0.374 e. The first-order valence-corrected chi connectivity index (χ1v) is 8.39. The quantitative estimate of drug-likeness (QED) is 0.863. The van der Waals surface area contributed by atoms with Crippen LogP contribution in [0.15, 0.2) is 24.3 Å². The van der Waals surface area contributed by atoms with Crippen LogP contribution in [-0.4, -0.2) is 18.2 Å². The molecule has 0 aliphatic heterocycles. The zero-order valence-electron chi connectivity index (χ0n) is 13.5. The monoisotopic (exact) mass is 309 g/mol. The molecule has 0 bridgehead atoms. The Morgan fingerprint density at radius 2 is 1.81 bits per heavy atom. The number of nitrogens with two attached hydrogens (primary N) is 1. The maximum atomic E-state index is 6.58. The van der Waals surface area contributed by atoms with Gasteiger partial charge in [0.25, 0.3) is 0 Å². The molecule has 1 aromatic carbocycles. The number of hydrogen-bond donors (Lipinski definition) is 1. The van der Waals surface area contributed by atoms with Gasteiger partial charge in [0.05, 0.1) is 5.60 Å². The van der Waals surface area contributed by atoms with Crippen LogP contribution < -0.4 is 5.73 Å². The molecule has 118 valence electrons. The Labute approximate surface area is 134 Å². The van der Waals surface area contributed by atoms with E-state index in [1.807, 2.05) is 18.2 Å². The Morgan fingerprint density at radius 3 is 2.38 bits per heavy atom. The lowest BCUT2D eigenvalue weighted by molar-refractivity contribution is -0.0987. The molecule has 1 saturated carbocycles. The number of benzene rings is 1. The van der Waals surface area contributed by atoms with E-state index in [0.717, 1.165) is 36.5 Å². The van der Waals surface area contributed by atoms with E-state index in [1.165, 1.54) is 12.8 Å². The highest BCUT2D eigenvalue weighted by Crippen LogP contribution is 2.44. The normalized spacial score (nSPS) is 22.0. The molecule has 1 aromatic rings. The predicted molar refractivity (Wildman–Crippen MR) is 89.7 cm³/mol. The van der Waals surface area contributed by atoms with Crippen molar-refractivity contribution in [2.24, 2.45) is 11.1 Å². The van der Waals surface area contributed by atoms with E-state index in [2.05, 4.69) is 26.8 Å². The molecule has 3 heteroatoms. The van der Waals surface area contributed by atoms with Crippen LogP contribution in [0.1, 0.15) is 52.0 Å². The molecule has 21 heavy (non-hydrogen) atoms. The first kappa shape index (κ1) is 16.8. The Kier molecular flexibility index (Phi) is 5.34. The Hall–Kier alpha value is -0.570. The second-order valence-electron chi connectivity index (χ2n) is 7.06. The van der Waals surface area contributed by atoms with Crippen LogP contribution in [0.5, 0.6) is 0 Å². The van der Waals surface area contributed by atoms with Crippen molar-refractivity contribution in [3.05, 3.63) is 34.9 Å². The van der Waals surface area contributed by atoms with Crippen LogP contribution in [0.2, 0.25) is 5.02 Å². The highest BCUT2D eigenvalue weighted by Gasteiger charge is 2.43. The molecule has 1 fully saturated rings. The standard InChI is InChI=1S/C18H28ClNO/c1-4-21-18(11-9-17(2,3)10-12-18)16(20)13-14-7-5-6-8-15(14)19/h5-8,16H,4,9-13,20H2,1-3H3. The molecule has 1 atom stereocenters. The van der Waals surface area contributed by atoms with Gasteiger partial charge in [-0.2, -0.15) is 0 Å². The highest BCUT2D eigenvalue weighted by atomic mass is 35.5. The van der Waals surface area contributed by atoms with Crippen molar-refractivity contribution in [3.63, 3.8) is 0 Å². The van der Waals surface area contributed by atoms with E-state index in [9.17, 15) is 0 Å². The summed E-state index contributed by atoms with van der Waals surface area (Å²) in [5.41, 5.74) is 7.91. The topological polar surface area (TPSA) is 35.2 Å². The Morgan fingerprint density at radius 1 is 1.19 bits per heavy atom. The van der Waals surface area contributed by atoms with Crippen molar-refractivity contribution in [2.75, 3.05) is 6.61 Å². The van der Waals surface area contributed by atoms with Gasteiger partial charge in [-0.25, -0.2) is 0 Å². The summed E-state index contributed by atoms with van der Waals surface area (Å²) >= 11 is 6.28. The van der Waals surface area contributed by atoms with Gasteiger partial charge in [0.2, 0.25) is 0 Å². The van der Waals surface area contributed by atoms with Crippen LogP contribution in [0.4, 0.5) is 0 Å². The van der Waals surface area contributed by atoms with E-state index >= 15 is 0 Å². The average Bonchev–Trinajstić information content (AvgIpc) is 2.44. The van der Waals surface area contributed by atoms with Crippen LogP contribution in [0, 0.1) is 5.41 Å². The lowest BCUT2D eigenvalue weighted by Gasteiger charge is -2.46. The minimum absolute atomic E-state index is 0.00606. The zero-order chi connectivity index (χ0) is 15.5. The molecule has 2 N–H and O–H groups in total. The molecule has 0 aromatic heterocycles. The number of ether oxygens (including phenoxy) is 1. The van der Waals surface area contributed by atoms with E-state index in [4.69, 9.17) is 22.1 Å². The summed E-state index contributed by atoms with van der Waals surface area (Å²) in [5.74, 6) is 0. The third-order valence-electron chi connectivity index (χ3n) is 4.96. The number of halogens is 1. The lowest BCUT2D eigenvalue weighted by Crippen LogP contribution is -2.54. The third kappa shape index (κ3) is 4.00. The van der Waals surface area contributed by atoms with E-state index < -0.39 is 0 Å². The maximum absolute atomic E-state index is 6.58. The first-order chi connectivity index (χ1) is 9.88. The summed E-state index contributed by atoms with van der Waals surface area (Å²) in [7, 11) is 0. The molecule has 1 aliphatic rings. The summed E-state index contributed by atoms with van der Waals surface area (Å²) < 4.78 is 6.17. The molecule has 0 radical (unpaired) electrons.